The van der Waals surface area contributed by atoms with E-state index >= 15 is 0 Å². The normalized spacial score (nSPS) is 9.81. The zero-order chi connectivity index (χ0) is 14.4. The Labute approximate surface area is 131 Å². The van der Waals surface area contributed by atoms with Crippen LogP contribution in [0.25, 0.3) is 11.1 Å². The second-order valence-electron chi connectivity index (χ2n) is 4.69. The van der Waals surface area contributed by atoms with Crippen molar-refractivity contribution in [1.82, 2.24) is 0 Å². The SMILES string of the molecule is COC(=O)Cc1ccc(-c2ccc(CCN)cc2)cc1.Cl. The van der Waals surface area contributed by atoms with Gasteiger partial charge in [-0.2, -0.15) is 0 Å². The van der Waals surface area contributed by atoms with E-state index in [1.54, 1.807) is 0 Å². The summed E-state index contributed by atoms with van der Waals surface area (Å²) in [5, 5.41) is 0. The number of hydrogen-bond donors (Lipinski definition) is 1. The molecule has 4 heteroatoms. The van der Waals surface area contributed by atoms with Crippen LogP contribution in [0.1, 0.15) is 11.1 Å². The minimum atomic E-state index is -0.219. The van der Waals surface area contributed by atoms with Crippen molar-refractivity contribution >= 4 is 18.4 Å². The van der Waals surface area contributed by atoms with E-state index in [0.717, 1.165) is 23.1 Å². The Morgan fingerprint density at radius 1 is 0.952 bits per heavy atom. The summed E-state index contributed by atoms with van der Waals surface area (Å²) in [6.45, 7) is 0.668. The van der Waals surface area contributed by atoms with Gasteiger partial charge in [-0.15, -0.1) is 12.4 Å². The van der Waals surface area contributed by atoms with Gasteiger partial charge in [0.2, 0.25) is 0 Å². The topological polar surface area (TPSA) is 52.3 Å². The number of esters is 1. The summed E-state index contributed by atoms with van der Waals surface area (Å²) < 4.78 is 4.66. The zero-order valence-electron chi connectivity index (χ0n) is 12.0. The van der Waals surface area contributed by atoms with E-state index in [1.807, 2.05) is 24.3 Å². The molecule has 0 fully saturated rings. The molecule has 21 heavy (non-hydrogen) atoms. The van der Waals surface area contributed by atoms with E-state index in [0.29, 0.717) is 13.0 Å². The van der Waals surface area contributed by atoms with Crippen LogP contribution >= 0.6 is 12.4 Å². The molecule has 0 saturated heterocycles. The van der Waals surface area contributed by atoms with Crippen molar-refractivity contribution in [2.45, 2.75) is 12.8 Å². The maximum Gasteiger partial charge on any atom is 0.309 e. The lowest BCUT2D eigenvalue weighted by molar-refractivity contribution is -0.139. The average Bonchev–Trinajstić information content (AvgIpc) is 2.49. The van der Waals surface area contributed by atoms with Gasteiger partial charge >= 0.3 is 5.97 Å². The quantitative estimate of drug-likeness (QED) is 0.864. The number of hydrogen-bond acceptors (Lipinski definition) is 3. The number of methoxy groups -OCH3 is 1. The highest BCUT2D eigenvalue weighted by atomic mass is 35.5. The van der Waals surface area contributed by atoms with Gasteiger partial charge in [-0.1, -0.05) is 48.5 Å². The first-order chi connectivity index (χ1) is 9.72. The molecule has 0 radical (unpaired) electrons. The summed E-state index contributed by atoms with van der Waals surface area (Å²) in [4.78, 5) is 11.2. The lowest BCUT2D eigenvalue weighted by Crippen LogP contribution is -2.04. The molecular formula is C17H20ClNO2. The molecule has 0 atom stereocenters. The van der Waals surface area contributed by atoms with Crippen molar-refractivity contribution in [2.24, 2.45) is 5.73 Å². The van der Waals surface area contributed by atoms with Gasteiger partial charge in [0.25, 0.3) is 0 Å². The number of halogens is 1. The van der Waals surface area contributed by atoms with Crippen LogP contribution in [0, 0.1) is 0 Å². The van der Waals surface area contributed by atoms with Crippen LogP contribution < -0.4 is 5.73 Å². The Morgan fingerprint density at radius 3 is 1.86 bits per heavy atom. The molecule has 0 amide bonds. The van der Waals surface area contributed by atoms with Gasteiger partial charge in [-0.3, -0.25) is 4.79 Å². The first-order valence-electron chi connectivity index (χ1n) is 6.68. The van der Waals surface area contributed by atoms with Crippen molar-refractivity contribution in [1.29, 1.82) is 0 Å². The molecule has 0 aliphatic carbocycles. The van der Waals surface area contributed by atoms with Gasteiger partial charge in [-0.05, 0) is 35.2 Å². The Kier molecular flexibility index (Phi) is 6.92. The van der Waals surface area contributed by atoms with E-state index in [2.05, 4.69) is 29.0 Å². The molecule has 0 aromatic heterocycles. The van der Waals surface area contributed by atoms with Crippen LogP contribution in [0.15, 0.2) is 48.5 Å². The third-order valence-electron chi connectivity index (χ3n) is 3.25. The summed E-state index contributed by atoms with van der Waals surface area (Å²) in [6.07, 6.45) is 1.21. The molecule has 0 unspecified atom stereocenters. The molecule has 2 rings (SSSR count). The number of nitrogens with two attached hydrogens (primary N) is 1. The lowest BCUT2D eigenvalue weighted by atomic mass is 10.0. The molecule has 2 N–H and O–H groups in total. The van der Waals surface area contributed by atoms with Gasteiger partial charge < -0.3 is 10.5 Å². The molecule has 0 bridgehead atoms. The highest BCUT2D eigenvalue weighted by molar-refractivity contribution is 5.85. The molecule has 2 aromatic rings. The molecule has 112 valence electrons. The number of carbonyl (C=O) groups excluding carboxylic acids is 1. The second kappa shape index (κ2) is 8.45. The van der Waals surface area contributed by atoms with Crippen LogP contribution in [0.3, 0.4) is 0 Å². The highest BCUT2D eigenvalue weighted by Gasteiger charge is 2.03. The first-order valence-corrected chi connectivity index (χ1v) is 6.68. The maximum atomic E-state index is 11.2. The molecule has 2 aromatic carbocycles. The van der Waals surface area contributed by atoms with Crippen LogP contribution in [-0.4, -0.2) is 19.6 Å². The predicted octanol–water partition coefficient (Wildman–Crippen LogP) is 2.99. The second-order valence-corrected chi connectivity index (χ2v) is 4.69. The van der Waals surface area contributed by atoms with Gasteiger partial charge in [-0.25, -0.2) is 0 Å². The fourth-order valence-electron chi connectivity index (χ4n) is 2.08. The first kappa shape index (κ1) is 17.2. The Morgan fingerprint density at radius 2 is 1.43 bits per heavy atom. The van der Waals surface area contributed by atoms with E-state index in [1.165, 1.54) is 12.7 Å². The largest absolute Gasteiger partial charge is 0.469 e. The summed E-state index contributed by atoms with van der Waals surface area (Å²) in [5.41, 5.74) is 10.0. The van der Waals surface area contributed by atoms with Crippen LogP contribution in [0.2, 0.25) is 0 Å². The van der Waals surface area contributed by atoms with E-state index in [9.17, 15) is 4.79 Å². The number of carbonyl (C=O) groups is 1. The Bertz CT molecular complexity index is 564. The van der Waals surface area contributed by atoms with E-state index in [4.69, 9.17) is 5.73 Å². The van der Waals surface area contributed by atoms with Crippen molar-refractivity contribution in [3.8, 4) is 11.1 Å². The number of rotatable bonds is 5. The Hall–Kier alpha value is -1.84. The molecular weight excluding hydrogens is 286 g/mol. The van der Waals surface area contributed by atoms with Crippen molar-refractivity contribution in [3.05, 3.63) is 59.7 Å². The zero-order valence-corrected chi connectivity index (χ0v) is 12.9. The summed E-state index contributed by atoms with van der Waals surface area (Å²) >= 11 is 0. The monoisotopic (exact) mass is 305 g/mol. The van der Waals surface area contributed by atoms with Crippen LogP contribution in [0.5, 0.6) is 0 Å². The third-order valence-corrected chi connectivity index (χ3v) is 3.25. The fraction of sp³-hybridized carbons (Fsp3) is 0.235. The smallest absolute Gasteiger partial charge is 0.309 e. The minimum Gasteiger partial charge on any atom is -0.469 e. The van der Waals surface area contributed by atoms with E-state index in [-0.39, 0.29) is 18.4 Å². The molecule has 3 nitrogen and oxygen atoms in total. The van der Waals surface area contributed by atoms with Gasteiger partial charge in [0, 0.05) is 0 Å². The molecule has 0 saturated carbocycles. The van der Waals surface area contributed by atoms with Crippen molar-refractivity contribution in [3.63, 3.8) is 0 Å². The predicted molar refractivity (Wildman–Crippen MR) is 87.6 cm³/mol. The van der Waals surface area contributed by atoms with Crippen molar-refractivity contribution in [2.75, 3.05) is 13.7 Å². The standard InChI is InChI=1S/C17H19NO2.ClH/c1-20-17(19)12-14-4-8-16(9-5-14)15-6-2-13(3-7-15)10-11-18;/h2-9H,10-12,18H2,1H3;1H. The van der Waals surface area contributed by atoms with Gasteiger partial charge in [0.05, 0.1) is 13.5 Å². The molecule has 0 spiro atoms. The van der Waals surface area contributed by atoms with Gasteiger partial charge in [0.1, 0.15) is 0 Å². The van der Waals surface area contributed by atoms with Crippen LogP contribution in [0.4, 0.5) is 0 Å². The molecule has 0 aliphatic rings. The van der Waals surface area contributed by atoms with Crippen LogP contribution in [-0.2, 0) is 22.4 Å². The highest BCUT2D eigenvalue weighted by Crippen LogP contribution is 2.20. The number of benzene rings is 2. The minimum absolute atomic E-state index is 0. The fourth-order valence-corrected chi connectivity index (χ4v) is 2.08. The maximum absolute atomic E-state index is 11.2. The molecule has 0 heterocycles. The third kappa shape index (κ3) is 4.88. The summed E-state index contributed by atoms with van der Waals surface area (Å²) in [6, 6.07) is 16.4. The molecule has 0 aliphatic heterocycles. The lowest BCUT2D eigenvalue weighted by Gasteiger charge is -2.05. The average molecular weight is 306 g/mol. The summed E-state index contributed by atoms with van der Waals surface area (Å²) in [7, 11) is 1.40. The number of ether oxygens (including phenoxy) is 1. The summed E-state index contributed by atoms with van der Waals surface area (Å²) in [5.74, 6) is -0.219. The Balaban J connectivity index is 0.00000220. The van der Waals surface area contributed by atoms with Crippen molar-refractivity contribution < 1.29 is 9.53 Å². The van der Waals surface area contributed by atoms with E-state index < -0.39 is 0 Å². The van der Waals surface area contributed by atoms with Gasteiger partial charge in [0.15, 0.2) is 0 Å².